The van der Waals surface area contributed by atoms with Gasteiger partial charge in [-0.2, -0.15) is 0 Å². The summed E-state index contributed by atoms with van der Waals surface area (Å²) in [6.07, 6.45) is 1.50. The zero-order chi connectivity index (χ0) is 25.1. The van der Waals surface area contributed by atoms with Crippen LogP contribution in [0.25, 0.3) is 10.8 Å². The first-order valence-electron chi connectivity index (χ1n) is 13.4. The molecule has 2 aliphatic heterocycles. The number of piperidine rings is 1. The molecular formula is C31H37N3O2. The van der Waals surface area contributed by atoms with E-state index in [-0.39, 0.29) is 17.7 Å². The first kappa shape index (κ1) is 24.5. The monoisotopic (exact) mass is 483 g/mol. The van der Waals surface area contributed by atoms with Crippen LogP contribution in [0.3, 0.4) is 0 Å². The zero-order valence-corrected chi connectivity index (χ0v) is 21.5. The van der Waals surface area contributed by atoms with Gasteiger partial charge in [-0.3, -0.25) is 14.5 Å². The van der Waals surface area contributed by atoms with E-state index in [9.17, 15) is 9.59 Å². The molecule has 0 aliphatic carbocycles. The predicted octanol–water partition coefficient (Wildman–Crippen LogP) is 5.16. The van der Waals surface area contributed by atoms with Crippen LogP contribution in [-0.2, 0) is 11.3 Å². The molecule has 2 aliphatic rings. The van der Waals surface area contributed by atoms with E-state index in [0.717, 1.165) is 61.9 Å². The van der Waals surface area contributed by atoms with Gasteiger partial charge in [0.1, 0.15) is 0 Å². The highest BCUT2D eigenvalue weighted by atomic mass is 16.2. The molecule has 5 rings (SSSR count). The van der Waals surface area contributed by atoms with Crippen molar-refractivity contribution in [1.82, 2.24) is 14.7 Å². The van der Waals surface area contributed by atoms with E-state index in [2.05, 4.69) is 43.0 Å². The van der Waals surface area contributed by atoms with Crippen LogP contribution >= 0.6 is 0 Å². The number of nitrogens with zero attached hydrogens (tertiary/aromatic N) is 3. The first-order valence-corrected chi connectivity index (χ1v) is 13.4. The molecule has 0 spiro atoms. The minimum absolute atomic E-state index is 0.0247. The molecule has 0 saturated carbocycles. The number of likely N-dealkylation sites (tertiary alicyclic amines) is 1. The number of benzene rings is 3. The van der Waals surface area contributed by atoms with Gasteiger partial charge in [0.15, 0.2) is 0 Å². The number of hydrogen-bond acceptors (Lipinski definition) is 3. The Bertz CT molecular complexity index is 1200. The molecule has 2 saturated heterocycles. The van der Waals surface area contributed by atoms with Crippen LogP contribution in [0.5, 0.6) is 0 Å². The second-order valence-corrected chi connectivity index (χ2v) is 10.6. The SMILES string of the molecule is CC(C)c1ccc(CN2CCN(C(=O)C3CCN(C(=O)c4cccc5ccccc45)CC3)CC2)cc1. The van der Waals surface area contributed by atoms with Crippen LogP contribution in [0.2, 0.25) is 0 Å². The fourth-order valence-corrected chi connectivity index (χ4v) is 5.56. The summed E-state index contributed by atoms with van der Waals surface area (Å²) in [7, 11) is 0. The Morgan fingerprint density at radius 2 is 1.44 bits per heavy atom. The largest absolute Gasteiger partial charge is 0.340 e. The van der Waals surface area contributed by atoms with Crippen molar-refractivity contribution >= 4 is 22.6 Å². The Morgan fingerprint density at radius 3 is 2.14 bits per heavy atom. The lowest BCUT2D eigenvalue weighted by atomic mass is 9.94. The van der Waals surface area contributed by atoms with Crippen LogP contribution in [0, 0.1) is 5.92 Å². The average Bonchev–Trinajstić information content (AvgIpc) is 2.93. The number of amides is 2. The molecule has 36 heavy (non-hydrogen) atoms. The molecule has 5 nitrogen and oxygen atoms in total. The van der Waals surface area contributed by atoms with Gasteiger partial charge in [-0.05, 0) is 46.7 Å². The summed E-state index contributed by atoms with van der Waals surface area (Å²) < 4.78 is 0. The van der Waals surface area contributed by atoms with Gasteiger partial charge in [-0.1, -0.05) is 74.5 Å². The topological polar surface area (TPSA) is 43.9 Å². The van der Waals surface area contributed by atoms with Gasteiger partial charge in [0.25, 0.3) is 5.91 Å². The Balaban J connectivity index is 1.11. The molecule has 2 heterocycles. The van der Waals surface area contributed by atoms with Crippen LogP contribution in [0.15, 0.2) is 66.7 Å². The Morgan fingerprint density at radius 1 is 0.778 bits per heavy atom. The molecule has 0 bridgehead atoms. The first-order chi connectivity index (χ1) is 17.5. The van der Waals surface area contributed by atoms with Crippen molar-refractivity contribution in [2.45, 2.75) is 39.2 Å². The van der Waals surface area contributed by atoms with Gasteiger partial charge >= 0.3 is 0 Å². The van der Waals surface area contributed by atoms with Crippen molar-refractivity contribution in [3.63, 3.8) is 0 Å². The molecule has 0 radical (unpaired) electrons. The van der Waals surface area contributed by atoms with Crippen molar-refractivity contribution in [2.75, 3.05) is 39.3 Å². The predicted molar refractivity (Wildman–Crippen MR) is 145 cm³/mol. The Labute approximate surface area is 214 Å². The van der Waals surface area contributed by atoms with E-state index >= 15 is 0 Å². The van der Waals surface area contributed by atoms with E-state index in [0.29, 0.717) is 19.0 Å². The number of hydrogen-bond donors (Lipinski definition) is 0. The van der Waals surface area contributed by atoms with Crippen molar-refractivity contribution in [2.24, 2.45) is 5.92 Å². The van der Waals surface area contributed by atoms with Gasteiger partial charge in [-0.25, -0.2) is 0 Å². The molecule has 188 valence electrons. The number of rotatable bonds is 5. The lowest BCUT2D eigenvalue weighted by Crippen LogP contribution is -2.51. The summed E-state index contributed by atoms with van der Waals surface area (Å²) in [4.78, 5) is 32.9. The van der Waals surface area contributed by atoms with Gasteiger partial charge in [0.05, 0.1) is 0 Å². The maximum atomic E-state index is 13.3. The smallest absolute Gasteiger partial charge is 0.254 e. The normalized spacial score (nSPS) is 17.6. The van der Waals surface area contributed by atoms with E-state index in [1.165, 1.54) is 11.1 Å². The molecule has 0 N–H and O–H groups in total. The molecular weight excluding hydrogens is 446 g/mol. The highest BCUT2D eigenvalue weighted by Gasteiger charge is 2.32. The van der Waals surface area contributed by atoms with Crippen LogP contribution < -0.4 is 0 Å². The third-order valence-corrected chi connectivity index (χ3v) is 7.89. The van der Waals surface area contributed by atoms with Gasteiger partial charge in [-0.15, -0.1) is 0 Å². The van der Waals surface area contributed by atoms with Crippen molar-refractivity contribution in [3.8, 4) is 0 Å². The number of piperazine rings is 1. The molecule has 0 atom stereocenters. The minimum Gasteiger partial charge on any atom is -0.340 e. The molecule has 0 aromatic heterocycles. The molecule has 5 heteroatoms. The summed E-state index contributed by atoms with van der Waals surface area (Å²) >= 11 is 0. The third kappa shape index (κ3) is 5.31. The van der Waals surface area contributed by atoms with Crippen molar-refractivity contribution in [1.29, 1.82) is 0 Å². The minimum atomic E-state index is 0.0247. The Kier molecular flexibility index (Phi) is 7.38. The number of carbonyl (C=O) groups excluding carboxylic acids is 2. The molecule has 3 aromatic carbocycles. The third-order valence-electron chi connectivity index (χ3n) is 7.89. The molecule has 3 aromatic rings. The van der Waals surface area contributed by atoms with Crippen molar-refractivity contribution in [3.05, 3.63) is 83.4 Å². The fraction of sp³-hybridized carbons (Fsp3) is 0.419. The van der Waals surface area contributed by atoms with E-state index in [1.807, 2.05) is 52.3 Å². The average molecular weight is 484 g/mol. The fourth-order valence-electron chi connectivity index (χ4n) is 5.56. The quantitative estimate of drug-likeness (QED) is 0.504. The number of fused-ring (bicyclic) bond motifs is 1. The van der Waals surface area contributed by atoms with Crippen LogP contribution in [0.1, 0.15) is 54.1 Å². The zero-order valence-electron chi connectivity index (χ0n) is 21.5. The standard InChI is InChI=1S/C31H37N3O2/c1-23(2)25-12-10-24(11-13-25)22-32-18-20-34(21-19-32)30(35)27-14-16-33(17-15-27)31(36)29-9-5-7-26-6-3-4-8-28(26)29/h3-13,23,27H,14-22H2,1-2H3. The van der Waals surface area contributed by atoms with E-state index in [4.69, 9.17) is 0 Å². The maximum absolute atomic E-state index is 13.3. The lowest BCUT2D eigenvalue weighted by molar-refractivity contribution is -0.138. The van der Waals surface area contributed by atoms with Crippen LogP contribution in [0.4, 0.5) is 0 Å². The summed E-state index contributed by atoms with van der Waals surface area (Å²) in [6, 6.07) is 22.9. The van der Waals surface area contributed by atoms with Gasteiger partial charge in [0, 0.05) is 57.3 Å². The van der Waals surface area contributed by atoms with Crippen molar-refractivity contribution < 1.29 is 9.59 Å². The van der Waals surface area contributed by atoms with E-state index < -0.39 is 0 Å². The summed E-state index contributed by atoms with van der Waals surface area (Å²) in [5.41, 5.74) is 3.47. The maximum Gasteiger partial charge on any atom is 0.254 e. The number of carbonyl (C=O) groups is 2. The second-order valence-electron chi connectivity index (χ2n) is 10.6. The summed E-state index contributed by atoms with van der Waals surface area (Å²) in [5, 5.41) is 2.08. The van der Waals surface area contributed by atoms with Gasteiger partial charge in [0.2, 0.25) is 5.91 Å². The molecule has 0 unspecified atom stereocenters. The highest BCUT2D eigenvalue weighted by molar-refractivity contribution is 6.07. The Hall–Kier alpha value is -3.18. The molecule has 2 fully saturated rings. The lowest BCUT2D eigenvalue weighted by Gasteiger charge is -2.38. The highest BCUT2D eigenvalue weighted by Crippen LogP contribution is 2.25. The van der Waals surface area contributed by atoms with Gasteiger partial charge < -0.3 is 9.80 Å². The van der Waals surface area contributed by atoms with E-state index in [1.54, 1.807) is 0 Å². The van der Waals surface area contributed by atoms with Crippen LogP contribution in [-0.4, -0.2) is 65.8 Å². The molecule has 2 amide bonds. The second kappa shape index (κ2) is 10.8. The summed E-state index contributed by atoms with van der Waals surface area (Å²) in [5.74, 6) is 0.925. The summed E-state index contributed by atoms with van der Waals surface area (Å²) in [6.45, 7) is 10.1.